The largest absolute Gasteiger partial charge is 0.490 e. The molecule has 0 spiro atoms. The summed E-state index contributed by atoms with van der Waals surface area (Å²) in [5, 5.41) is 8.24. The minimum Gasteiger partial charge on any atom is -0.454 e. The summed E-state index contributed by atoms with van der Waals surface area (Å²) in [5.74, 6) is -3.24. The Kier molecular flexibility index (Phi) is 8.29. The number of carbonyl (C=O) groups is 3. The molecule has 9 nitrogen and oxygen atoms in total. The number of carbonyl (C=O) groups excluding carboxylic acids is 3. The first kappa shape index (κ1) is 25.2. The van der Waals surface area contributed by atoms with E-state index in [-0.39, 0.29) is 30.2 Å². The van der Waals surface area contributed by atoms with Gasteiger partial charge in [-0.25, -0.2) is 14.6 Å². The van der Waals surface area contributed by atoms with Crippen LogP contribution in [0.15, 0.2) is 42.6 Å². The van der Waals surface area contributed by atoms with Crippen molar-refractivity contribution in [3.8, 4) is 0 Å². The van der Waals surface area contributed by atoms with Crippen molar-refractivity contribution in [1.82, 2.24) is 10.3 Å². The lowest BCUT2D eigenvalue weighted by Gasteiger charge is -2.31. The summed E-state index contributed by atoms with van der Waals surface area (Å²) >= 11 is 5.77. The van der Waals surface area contributed by atoms with Gasteiger partial charge in [0.05, 0.1) is 22.9 Å². The molecule has 182 valence electrons. The zero-order valence-corrected chi connectivity index (χ0v) is 18.3. The molecular weight excluding hydrogens is 481 g/mol. The lowest BCUT2D eigenvalue weighted by Crippen LogP contribution is -2.47. The fraction of sp³-hybridized carbons (Fsp3) is 0.333. The molecule has 1 fully saturated rings. The van der Waals surface area contributed by atoms with Crippen LogP contribution in [0.5, 0.6) is 0 Å². The number of anilines is 2. The molecule has 2 amide bonds. The van der Waals surface area contributed by atoms with Gasteiger partial charge >= 0.3 is 18.2 Å². The molecular formula is C21H20ClF3N4O5. The number of hydrogen-bond acceptors (Lipinski definition) is 7. The number of nitrogens with zero attached hydrogens (tertiary/aromatic N) is 1. The smallest absolute Gasteiger partial charge is 0.454 e. The average Bonchev–Trinajstić information content (AvgIpc) is 2.79. The molecule has 0 saturated carbocycles. The van der Waals surface area contributed by atoms with E-state index < -0.39 is 36.2 Å². The Balaban J connectivity index is 1.59. The summed E-state index contributed by atoms with van der Waals surface area (Å²) in [6, 6.07) is 9.18. The number of aromatic nitrogens is 1. The topological polar surface area (TPSA) is 119 Å². The zero-order valence-electron chi connectivity index (χ0n) is 17.5. The number of amides is 2. The van der Waals surface area contributed by atoms with E-state index in [4.69, 9.17) is 16.3 Å². The van der Waals surface area contributed by atoms with Crippen molar-refractivity contribution in [2.45, 2.75) is 18.7 Å². The van der Waals surface area contributed by atoms with Crippen LogP contribution in [0.2, 0.25) is 5.02 Å². The third-order valence-electron chi connectivity index (χ3n) is 4.86. The number of hydrogen-bond donors (Lipinski definition) is 3. The van der Waals surface area contributed by atoms with Crippen LogP contribution in [0.4, 0.5) is 29.5 Å². The Morgan fingerprint density at radius 1 is 1.15 bits per heavy atom. The highest BCUT2D eigenvalue weighted by Crippen LogP contribution is 2.23. The van der Waals surface area contributed by atoms with Gasteiger partial charge in [0.25, 0.3) is 5.91 Å². The first-order valence-electron chi connectivity index (χ1n) is 10.1. The van der Waals surface area contributed by atoms with Crippen molar-refractivity contribution in [3.05, 3.63) is 53.2 Å². The van der Waals surface area contributed by atoms with Gasteiger partial charge in [-0.05, 0) is 37.2 Å². The van der Waals surface area contributed by atoms with Crippen LogP contribution in [-0.4, -0.2) is 54.9 Å². The Bertz CT molecular complexity index is 1040. The molecule has 1 aliphatic rings. The van der Waals surface area contributed by atoms with Gasteiger partial charge in [0.15, 0.2) is 0 Å². The summed E-state index contributed by atoms with van der Waals surface area (Å²) in [7, 11) is 0. The molecule has 0 aliphatic carbocycles. The molecule has 1 saturated heterocycles. The van der Waals surface area contributed by atoms with Gasteiger partial charge in [0.1, 0.15) is 11.9 Å². The molecule has 3 N–H and O–H groups in total. The highest BCUT2D eigenvalue weighted by atomic mass is 35.5. The molecule has 3 rings (SSSR count). The molecule has 2 atom stereocenters. The van der Waals surface area contributed by atoms with Crippen LogP contribution in [0.1, 0.15) is 16.8 Å². The Morgan fingerprint density at radius 2 is 1.91 bits per heavy atom. The monoisotopic (exact) mass is 500 g/mol. The maximum absolute atomic E-state index is 12.6. The lowest BCUT2D eigenvalue weighted by molar-refractivity contribution is -0.208. The summed E-state index contributed by atoms with van der Waals surface area (Å²) in [6.07, 6.45) is -5.47. The van der Waals surface area contributed by atoms with Crippen LogP contribution in [0.3, 0.4) is 0 Å². The highest BCUT2D eigenvalue weighted by molar-refractivity contribution is 6.30. The Labute approximate surface area is 197 Å². The molecule has 1 aliphatic heterocycles. The number of rotatable bonds is 6. The van der Waals surface area contributed by atoms with Crippen LogP contribution in [0.25, 0.3) is 0 Å². The predicted molar refractivity (Wildman–Crippen MR) is 116 cm³/mol. The second-order valence-electron chi connectivity index (χ2n) is 7.28. The van der Waals surface area contributed by atoms with Crippen LogP contribution in [0, 0.1) is 5.92 Å². The molecule has 34 heavy (non-hydrogen) atoms. The van der Waals surface area contributed by atoms with E-state index in [2.05, 4.69) is 25.7 Å². The summed E-state index contributed by atoms with van der Waals surface area (Å²) in [6.45, 7) is 0.170. The number of pyridine rings is 1. The fourth-order valence-electron chi connectivity index (χ4n) is 3.17. The second kappa shape index (κ2) is 11.2. The number of ether oxygens (including phenoxy) is 2. The second-order valence-corrected chi connectivity index (χ2v) is 7.72. The number of nitrogens with one attached hydrogen (secondary N) is 3. The fourth-order valence-corrected chi connectivity index (χ4v) is 3.28. The van der Waals surface area contributed by atoms with Gasteiger partial charge in [0, 0.05) is 18.7 Å². The molecule has 1 aromatic heterocycles. The van der Waals surface area contributed by atoms with E-state index in [0.717, 1.165) is 0 Å². The van der Waals surface area contributed by atoms with Crippen LogP contribution >= 0.6 is 11.6 Å². The van der Waals surface area contributed by atoms with Crippen LogP contribution in [-0.2, 0) is 14.3 Å². The van der Waals surface area contributed by atoms with E-state index in [1.165, 1.54) is 24.4 Å². The predicted octanol–water partition coefficient (Wildman–Crippen LogP) is 3.62. The number of piperidine rings is 1. The summed E-state index contributed by atoms with van der Waals surface area (Å²) in [4.78, 5) is 40.1. The highest BCUT2D eigenvalue weighted by Gasteiger charge is 2.43. The summed E-state index contributed by atoms with van der Waals surface area (Å²) < 4.78 is 47.2. The zero-order chi connectivity index (χ0) is 24.7. The molecule has 13 heteroatoms. The molecule has 0 bridgehead atoms. The van der Waals surface area contributed by atoms with Crippen molar-refractivity contribution in [1.29, 1.82) is 0 Å². The van der Waals surface area contributed by atoms with Crippen molar-refractivity contribution < 1.29 is 37.0 Å². The van der Waals surface area contributed by atoms with E-state index in [9.17, 15) is 27.6 Å². The molecule has 2 heterocycles. The number of halogens is 4. The van der Waals surface area contributed by atoms with Gasteiger partial charge < -0.3 is 20.1 Å². The minimum atomic E-state index is -5.12. The number of alkyl halides is 3. The summed E-state index contributed by atoms with van der Waals surface area (Å²) in [5.41, 5.74) is 0.263. The van der Waals surface area contributed by atoms with Gasteiger partial charge in [-0.1, -0.05) is 23.7 Å². The quantitative estimate of drug-likeness (QED) is 0.518. The van der Waals surface area contributed by atoms with E-state index in [1.807, 2.05) is 0 Å². The third-order valence-corrected chi connectivity index (χ3v) is 5.08. The van der Waals surface area contributed by atoms with Crippen molar-refractivity contribution in [2.24, 2.45) is 5.92 Å². The number of benzene rings is 1. The van der Waals surface area contributed by atoms with Gasteiger partial charge in [-0.2, -0.15) is 13.2 Å². The Hall–Kier alpha value is -3.38. The average molecular weight is 501 g/mol. The SMILES string of the molecule is O=C(Nc1ccccc1C(=O)Nc1ccc(Cl)cn1)OCC1CCNCC1OC(=O)C(F)(F)F. The lowest BCUT2D eigenvalue weighted by atomic mass is 9.96. The maximum Gasteiger partial charge on any atom is 0.490 e. The van der Waals surface area contributed by atoms with Gasteiger partial charge in [0.2, 0.25) is 0 Å². The third kappa shape index (κ3) is 7.06. The molecule has 0 radical (unpaired) electrons. The van der Waals surface area contributed by atoms with Crippen molar-refractivity contribution >= 4 is 41.1 Å². The van der Waals surface area contributed by atoms with Crippen molar-refractivity contribution in [3.63, 3.8) is 0 Å². The minimum absolute atomic E-state index is 0.000790. The van der Waals surface area contributed by atoms with Gasteiger partial charge in [-0.15, -0.1) is 0 Å². The first-order valence-corrected chi connectivity index (χ1v) is 10.5. The van der Waals surface area contributed by atoms with Crippen molar-refractivity contribution in [2.75, 3.05) is 30.3 Å². The van der Waals surface area contributed by atoms with Gasteiger partial charge in [-0.3, -0.25) is 10.1 Å². The first-order chi connectivity index (χ1) is 16.1. The standard InChI is InChI=1S/C21H20ClF3N4O5/c22-13-5-6-17(27-9-13)29-18(30)14-3-1-2-4-15(14)28-20(32)33-11-12-7-8-26-10-16(12)34-19(31)21(23,24)25/h1-6,9,12,16,26H,7-8,10-11H2,(H,28,32)(H,27,29,30). The number of para-hydroxylation sites is 1. The van der Waals surface area contributed by atoms with E-state index in [1.54, 1.807) is 18.2 Å². The van der Waals surface area contributed by atoms with E-state index in [0.29, 0.717) is 18.0 Å². The molecule has 2 unspecified atom stereocenters. The maximum atomic E-state index is 12.6. The Morgan fingerprint density at radius 3 is 2.62 bits per heavy atom. The van der Waals surface area contributed by atoms with Crippen LogP contribution < -0.4 is 16.0 Å². The number of esters is 1. The normalized spacial score (nSPS) is 18.0. The molecule has 1 aromatic carbocycles. The molecule has 2 aromatic rings. The van der Waals surface area contributed by atoms with E-state index >= 15 is 0 Å².